The van der Waals surface area contributed by atoms with Gasteiger partial charge < -0.3 is 4.90 Å². The topological polar surface area (TPSA) is 15.6 Å². The van der Waals surface area contributed by atoms with Gasteiger partial charge in [0.15, 0.2) is 0 Å². The summed E-state index contributed by atoms with van der Waals surface area (Å²) in [4.78, 5) is 7.42. The Balaban J connectivity index is 1.38. The number of piperidine rings is 1. The highest BCUT2D eigenvalue weighted by Gasteiger charge is 2.20. The van der Waals surface area contributed by atoms with E-state index >= 15 is 0 Å². The predicted octanol–water partition coefficient (Wildman–Crippen LogP) is 5.71. The fraction of sp³-hybridized carbons (Fsp3) is 0.423. The Kier molecular flexibility index (Phi) is 7.62. The molecule has 1 fully saturated rings. The first-order valence-corrected chi connectivity index (χ1v) is 10.6. The van der Waals surface area contributed by atoms with Crippen LogP contribution in [0.15, 0.2) is 71.7 Å². The first-order valence-electron chi connectivity index (χ1n) is 10.6. The molecule has 1 aliphatic rings. The van der Waals surface area contributed by atoms with Crippen LogP contribution in [-0.2, 0) is 6.42 Å². The molecule has 148 valence electrons. The van der Waals surface area contributed by atoms with Crippen LogP contribution in [0.3, 0.4) is 0 Å². The van der Waals surface area contributed by atoms with Crippen LogP contribution in [0.5, 0.6) is 0 Å². The van der Waals surface area contributed by atoms with Crippen molar-refractivity contribution in [3.05, 3.63) is 83.4 Å². The number of hydrogen-bond acceptors (Lipinski definition) is 2. The van der Waals surface area contributed by atoms with Crippen molar-refractivity contribution in [1.82, 2.24) is 4.90 Å². The smallest absolute Gasteiger partial charge is 0.0603 e. The first kappa shape index (κ1) is 20.5. The Morgan fingerprint density at radius 1 is 1.04 bits per heavy atom. The monoisotopic (exact) mass is 374 g/mol. The molecular formula is C26H34N2. The average molecular weight is 375 g/mol. The molecule has 0 atom stereocenters. The summed E-state index contributed by atoms with van der Waals surface area (Å²) in [6, 6.07) is 19.4. The van der Waals surface area contributed by atoms with E-state index in [2.05, 4.69) is 79.9 Å². The van der Waals surface area contributed by atoms with Crippen molar-refractivity contribution < 1.29 is 0 Å². The normalized spacial score (nSPS) is 16.3. The Labute approximate surface area is 171 Å². The quantitative estimate of drug-likeness (QED) is 0.427. The van der Waals surface area contributed by atoms with Crippen LogP contribution in [0.1, 0.15) is 42.9 Å². The van der Waals surface area contributed by atoms with Gasteiger partial charge in [0.2, 0.25) is 0 Å². The first-order chi connectivity index (χ1) is 13.6. The minimum Gasteiger partial charge on any atom is -0.303 e. The van der Waals surface area contributed by atoms with Gasteiger partial charge in [0.05, 0.1) is 6.54 Å². The summed E-state index contributed by atoms with van der Waals surface area (Å²) < 4.78 is 0. The van der Waals surface area contributed by atoms with Gasteiger partial charge in [-0.2, -0.15) is 0 Å². The van der Waals surface area contributed by atoms with Gasteiger partial charge in [0.25, 0.3) is 0 Å². The highest BCUT2D eigenvalue weighted by atomic mass is 15.1. The van der Waals surface area contributed by atoms with Gasteiger partial charge in [0.1, 0.15) is 0 Å². The van der Waals surface area contributed by atoms with E-state index in [4.69, 9.17) is 4.99 Å². The molecule has 1 heterocycles. The van der Waals surface area contributed by atoms with Crippen LogP contribution in [0.25, 0.3) is 0 Å². The van der Waals surface area contributed by atoms with Crippen LogP contribution in [0, 0.1) is 12.8 Å². The number of benzene rings is 2. The molecule has 28 heavy (non-hydrogen) atoms. The van der Waals surface area contributed by atoms with Crippen molar-refractivity contribution in [2.24, 2.45) is 10.9 Å². The fourth-order valence-corrected chi connectivity index (χ4v) is 3.95. The lowest BCUT2D eigenvalue weighted by Gasteiger charge is -2.32. The molecule has 0 aromatic heterocycles. The molecule has 0 saturated carbocycles. The number of aryl methyl sites for hydroxylation is 2. The molecule has 2 heteroatoms. The van der Waals surface area contributed by atoms with E-state index in [1.807, 2.05) is 0 Å². The van der Waals surface area contributed by atoms with Gasteiger partial charge in [-0.15, -0.1) is 0 Å². The van der Waals surface area contributed by atoms with Crippen molar-refractivity contribution >= 4 is 5.71 Å². The maximum Gasteiger partial charge on any atom is 0.0603 e. The summed E-state index contributed by atoms with van der Waals surface area (Å²) in [5, 5.41) is 0. The maximum atomic E-state index is 4.80. The summed E-state index contributed by atoms with van der Waals surface area (Å²) in [6.45, 7) is 12.9. The van der Waals surface area contributed by atoms with E-state index in [1.165, 1.54) is 67.6 Å². The molecular weight excluding hydrogens is 340 g/mol. The van der Waals surface area contributed by atoms with Crippen molar-refractivity contribution in [2.45, 2.75) is 39.5 Å². The van der Waals surface area contributed by atoms with Crippen LogP contribution < -0.4 is 0 Å². The summed E-state index contributed by atoms with van der Waals surface area (Å²) >= 11 is 0. The summed E-state index contributed by atoms with van der Waals surface area (Å²) in [7, 11) is 0. The Hall–Kier alpha value is -2.19. The summed E-state index contributed by atoms with van der Waals surface area (Å²) in [6.07, 6.45) is 4.88. The SMILES string of the molecule is C=C(CN=C(C)c1ccc(C)cc1)C1CCN(CCCc2ccccc2)CC1. The van der Waals surface area contributed by atoms with Crippen molar-refractivity contribution in [3.63, 3.8) is 0 Å². The van der Waals surface area contributed by atoms with E-state index in [0.29, 0.717) is 5.92 Å². The molecule has 2 aromatic rings. The van der Waals surface area contributed by atoms with Crippen LogP contribution in [0.4, 0.5) is 0 Å². The third-order valence-electron chi connectivity index (χ3n) is 5.94. The van der Waals surface area contributed by atoms with Crippen molar-refractivity contribution in [2.75, 3.05) is 26.2 Å². The Morgan fingerprint density at radius 3 is 2.39 bits per heavy atom. The standard InChI is InChI=1S/C26H34N2/c1-21-11-13-26(14-12-21)23(3)27-20-22(2)25-15-18-28(19-16-25)17-7-10-24-8-5-4-6-9-24/h4-6,8-9,11-14,25H,2,7,10,15-20H2,1,3H3. The van der Waals surface area contributed by atoms with Crippen LogP contribution in [0.2, 0.25) is 0 Å². The van der Waals surface area contributed by atoms with Crippen LogP contribution >= 0.6 is 0 Å². The molecule has 0 radical (unpaired) electrons. The van der Waals surface area contributed by atoms with Gasteiger partial charge >= 0.3 is 0 Å². The molecule has 0 spiro atoms. The lowest BCUT2D eigenvalue weighted by molar-refractivity contribution is 0.196. The fourth-order valence-electron chi connectivity index (χ4n) is 3.95. The van der Waals surface area contributed by atoms with Crippen molar-refractivity contribution in [3.8, 4) is 0 Å². The predicted molar refractivity (Wildman–Crippen MR) is 121 cm³/mol. The Morgan fingerprint density at radius 2 is 1.71 bits per heavy atom. The van der Waals surface area contributed by atoms with Gasteiger partial charge in [-0.1, -0.05) is 72.3 Å². The average Bonchev–Trinajstić information content (AvgIpc) is 2.73. The van der Waals surface area contributed by atoms with Gasteiger partial charge in [-0.05, 0) is 76.2 Å². The van der Waals surface area contributed by atoms with Gasteiger partial charge in [0, 0.05) is 5.71 Å². The second kappa shape index (κ2) is 10.4. The summed E-state index contributed by atoms with van der Waals surface area (Å²) in [5.74, 6) is 0.625. The third-order valence-corrected chi connectivity index (χ3v) is 5.94. The second-order valence-electron chi connectivity index (χ2n) is 8.13. The van der Waals surface area contributed by atoms with E-state index in [-0.39, 0.29) is 0 Å². The number of hydrogen-bond donors (Lipinski definition) is 0. The van der Waals surface area contributed by atoms with E-state index in [0.717, 1.165) is 12.3 Å². The zero-order valence-electron chi connectivity index (χ0n) is 17.5. The van der Waals surface area contributed by atoms with E-state index < -0.39 is 0 Å². The second-order valence-corrected chi connectivity index (χ2v) is 8.13. The molecule has 0 aliphatic carbocycles. The minimum atomic E-state index is 0.625. The number of nitrogens with zero attached hydrogens (tertiary/aromatic N) is 2. The lowest BCUT2D eigenvalue weighted by atomic mass is 9.90. The highest BCUT2D eigenvalue weighted by molar-refractivity contribution is 5.98. The molecule has 0 N–H and O–H groups in total. The number of aliphatic imine (C=N–C) groups is 1. The molecule has 2 aromatic carbocycles. The van der Waals surface area contributed by atoms with E-state index in [1.54, 1.807) is 0 Å². The van der Waals surface area contributed by atoms with Crippen LogP contribution in [-0.4, -0.2) is 36.8 Å². The number of likely N-dealkylation sites (tertiary alicyclic amines) is 1. The maximum absolute atomic E-state index is 4.80. The van der Waals surface area contributed by atoms with E-state index in [9.17, 15) is 0 Å². The molecule has 3 rings (SSSR count). The number of rotatable bonds is 8. The highest BCUT2D eigenvalue weighted by Crippen LogP contribution is 2.24. The minimum absolute atomic E-state index is 0.625. The zero-order valence-corrected chi connectivity index (χ0v) is 17.5. The molecule has 0 unspecified atom stereocenters. The molecule has 1 saturated heterocycles. The molecule has 0 amide bonds. The largest absolute Gasteiger partial charge is 0.303 e. The Bertz CT molecular complexity index is 766. The third kappa shape index (κ3) is 6.17. The van der Waals surface area contributed by atoms with Crippen molar-refractivity contribution in [1.29, 1.82) is 0 Å². The summed E-state index contributed by atoms with van der Waals surface area (Å²) in [5.41, 5.74) is 6.37. The molecule has 0 bridgehead atoms. The lowest BCUT2D eigenvalue weighted by Crippen LogP contribution is -2.35. The van der Waals surface area contributed by atoms with Gasteiger partial charge in [-0.25, -0.2) is 0 Å². The van der Waals surface area contributed by atoms with Gasteiger partial charge in [-0.3, -0.25) is 4.99 Å². The molecule has 2 nitrogen and oxygen atoms in total. The molecule has 1 aliphatic heterocycles. The zero-order chi connectivity index (χ0) is 19.8.